The van der Waals surface area contributed by atoms with E-state index in [1.807, 2.05) is 13.8 Å². The molecule has 0 spiro atoms. The second-order valence-corrected chi connectivity index (χ2v) is 6.02. The highest BCUT2D eigenvalue weighted by Crippen LogP contribution is 2.22. The summed E-state index contributed by atoms with van der Waals surface area (Å²) in [5.41, 5.74) is 1.02. The van der Waals surface area contributed by atoms with Crippen LogP contribution in [0.5, 0.6) is 0 Å². The normalized spacial score (nSPS) is 21.2. The fourth-order valence-electron chi connectivity index (χ4n) is 1.46. The molecule has 1 aromatic rings. The first-order chi connectivity index (χ1) is 7.99. The summed E-state index contributed by atoms with van der Waals surface area (Å²) in [6, 6.07) is 6.62. The number of epoxide rings is 1. The summed E-state index contributed by atoms with van der Waals surface area (Å²) >= 11 is 0. The maximum atomic E-state index is 11.8. The van der Waals surface area contributed by atoms with Crippen molar-refractivity contribution in [3.8, 4) is 0 Å². The lowest BCUT2D eigenvalue weighted by atomic mass is 10.1. The summed E-state index contributed by atoms with van der Waals surface area (Å²) in [5, 5.41) is 0. The molecule has 5 heteroatoms. The van der Waals surface area contributed by atoms with E-state index in [1.54, 1.807) is 24.3 Å². The topological polar surface area (TPSA) is 55.9 Å². The molecule has 0 amide bonds. The zero-order valence-electron chi connectivity index (χ0n) is 9.92. The predicted molar refractivity (Wildman–Crippen MR) is 63.2 cm³/mol. The predicted octanol–water partition coefficient (Wildman–Crippen LogP) is 1.74. The van der Waals surface area contributed by atoms with E-state index >= 15 is 0 Å². The number of benzene rings is 1. The lowest BCUT2D eigenvalue weighted by Gasteiger charge is -2.09. The molecule has 0 aromatic heterocycles. The minimum atomic E-state index is -3.63. The number of rotatable bonds is 5. The summed E-state index contributed by atoms with van der Waals surface area (Å²) in [4.78, 5) is 0.201. The van der Waals surface area contributed by atoms with Crippen LogP contribution >= 0.6 is 0 Å². The molecular weight excluding hydrogens is 240 g/mol. The lowest BCUT2D eigenvalue weighted by molar-refractivity contribution is 0.228. The fraction of sp³-hybridized carbons (Fsp3) is 0.500. The van der Waals surface area contributed by atoms with E-state index in [4.69, 9.17) is 8.92 Å². The first-order valence-electron chi connectivity index (χ1n) is 5.57. The number of hydrogen-bond donors (Lipinski definition) is 0. The molecule has 1 aliphatic rings. The van der Waals surface area contributed by atoms with Gasteiger partial charge < -0.3 is 4.74 Å². The molecule has 2 atom stereocenters. The SMILES string of the molecule is Cc1ccc(S(=O)(=O)OCC(C)C2CO2)cc1. The van der Waals surface area contributed by atoms with Crippen molar-refractivity contribution in [2.75, 3.05) is 13.2 Å². The Morgan fingerprint density at radius 3 is 2.53 bits per heavy atom. The molecule has 0 N–H and O–H groups in total. The van der Waals surface area contributed by atoms with Crippen LogP contribution < -0.4 is 0 Å². The Balaban J connectivity index is 2.00. The summed E-state index contributed by atoms with van der Waals surface area (Å²) < 4.78 is 33.7. The monoisotopic (exact) mass is 256 g/mol. The van der Waals surface area contributed by atoms with Crippen LogP contribution in [-0.4, -0.2) is 27.7 Å². The summed E-state index contributed by atoms with van der Waals surface area (Å²) in [5.74, 6) is 0.107. The molecule has 0 saturated carbocycles. The number of ether oxygens (including phenoxy) is 1. The van der Waals surface area contributed by atoms with E-state index in [0.717, 1.165) is 5.56 Å². The highest BCUT2D eigenvalue weighted by Gasteiger charge is 2.30. The van der Waals surface area contributed by atoms with Gasteiger partial charge in [0.1, 0.15) is 0 Å². The second-order valence-electron chi connectivity index (χ2n) is 4.40. The van der Waals surface area contributed by atoms with Crippen molar-refractivity contribution in [3.63, 3.8) is 0 Å². The molecule has 0 radical (unpaired) electrons. The van der Waals surface area contributed by atoms with E-state index in [2.05, 4.69) is 0 Å². The van der Waals surface area contributed by atoms with Crippen LogP contribution in [0.2, 0.25) is 0 Å². The molecule has 2 unspecified atom stereocenters. The molecule has 4 nitrogen and oxygen atoms in total. The average molecular weight is 256 g/mol. The van der Waals surface area contributed by atoms with Crippen LogP contribution in [0.25, 0.3) is 0 Å². The van der Waals surface area contributed by atoms with E-state index in [1.165, 1.54) is 0 Å². The maximum absolute atomic E-state index is 11.8. The minimum Gasteiger partial charge on any atom is -0.373 e. The maximum Gasteiger partial charge on any atom is 0.296 e. The Bertz CT molecular complexity index is 474. The van der Waals surface area contributed by atoms with Gasteiger partial charge in [-0.25, -0.2) is 0 Å². The average Bonchev–Trinajstić information content (AvgIpc) is 3.10. The Hall–Kier alpha value is -0.910. The van der Waals surface area contributed by atoms with Crippen LogP contribution in [0.4, 0.5) is 0 Å². The largest absolute Gasteiger partial charge is 0.373 e. The van der Waals surface area contributed by atoms with Gasteiger partial charge in [-0.15, -0.1) is 0 Å². The van der Waals surface area contributed by atoms with Gasteiger partial charge in [0, 0.05) is 5.92 Å². The van der Waals surface area contributed by atoms with Gasteiger partial charge in [0.05, 0.1) is 24.2 Å². The van der Waals surface area contributed by atoms with Gasteiger partial charge in [-0.2, -0.15) is 8.42 Å². The van der Waals surface area contributed by atoms with Crippen LogP contribution in [-0.2, 0) is 19.0 Å². The van der Waals surface area contributed by atoms with Crippen molar-refractivity contribution in [1.29, 1.82) is 0 Å². The van der Waals surface area contributed by atoms with E-state index in [0.29, 0.717) is 6.61 Å². The second kappa shape index (κ2) is 4.76. The molecule has 1 fully saturated rings. The quantitative estimate of drug-likeness (QED) is 0.594. The molecule has 17 heavy (non-hydrogen) atoms. The third-order valence-electron chi connectivity index (χ3n) is 2.79. The van der Waals surface area contributed by atoms with Crippen molar-refractivity contribution >= 4 is 10.1 Å². The van der Waals surface area contributed by atoms with Crippen LogP contribution in [0.3, 0.4) is 0 Å². The van der Waals surface area contributed by atoms with Crippen LogP contribution in [0.1, 0.15) is 12.5 Å². The third kappa shape index (κ3) is 3.28. The van der Waals surface area contributed by atoms with Gasteiger partial charge >= 0.3 is 0 Å². The fourth-order valence-corrected chi connectivity index (χ4v) is 2.46. The molecule has 1 saturated heterocycles. The zero-order valence-corrected chi connectivity index (χ0v) is 10.7. The Labute approximate surface area is 102 Å². The van der Waals surface area contributed by atoms with Crippen molar-refractivity contribution in [3.05, 3.63) is 29.8 Å². The minimum absolute atomic E-state index is 0.107. The van der Waals surface area contributed by atoms with E-state index in [-0.39, 0.29) is 23.5 Å². The molecule has 0 aliphatic carbocycles. The molecule has 94 valence electrons. The van der Waals surface area contributed by atoms with E-state index in [9.17, 15) is 8.42 Å². The zero-order chi connectivity index (χ0) is 12.5. The van der Waals surface area contributed by atoms with Gasteiger partial charge in [-0.05, 0) is 19.1 Å². The Morgan fingerprint density at radius 1 is 1.41 bits per heavy atom. The molecule has 1 heterocycles. The van der Waals surface area contributed by atoms with Gasteiger partial charge in [0.25, 0.3) is 10.1 Å². The molecule has 1 aliphatic heterocycles. The Morgan fingerprint density at radius 2 is 2.00 bits per heavy atom. The van der Waals surface area contributed by atoms with Crippen molar-refractivity contribution < 1.29 is 17.3 Å². The van der Waals surface area contributed by atoms with Crippen LogP contribution in [0, 0.1) is 12.8 Å². The molecular formula is C12H16O4S. The standard InChI is InChI=1S/C12H16O4S/c1-9-3-5-11(6-4-9)17(13,14)16-7-10(2)12-8-15-12/h3-6,10,12H,7-8H2,1-2H3. The van der Waals surface area contributed by atoms with Gasteiger partial charge in [0.2, 0.25) is 0 Å². The summed E-state index contributed by atoms with van der Waals surface area (Å²) in [6.45, 7) is 4.70. The highest BCUT2D eigenvalue weighted by molar-refractivity contribution is 7.86. The van der Waals surface area contributed by atoms with Crippen LogP contribution in [0.15, 0.2) is 29.2 Å². The lowest BCUT2D eigenvalue weighted by Crippen LogP contribution is -2.16. The first kappa shape index (κ1) is 12.5. The van der Waals surface area contributed by atoms with Gasteiger partial charge in [-0.1, -0.05) is 24.6 Å². The van der Waals surface area contributed by atoms with Crippen molar-refractivity contribution in [2.24, 2.45) is 5.92 Å². The Kier molecular flexibility index (Phi) is 3.51. The molecule has 0 bridgehead atoms. The molecule has 1 aromatic carbocycles. The summed E-state index contributed by atoms with van der Waals surface area (Å²) in [6.07, 6.45) is 0.156. The summed E-state index contributed by atoms with van der Waals surface area (Å²) in [7, 11) is -3.63. The number of hydrogen-bond acceptors (Lipinski definition) is 4. The van der Waals surface area contributed by atoms with Crippen molar-refractivity contribution in [2.45, 2.75) is 24.8 Å². The van der Waals surface area contributed by atoms with Crippen molar-refractivity contribution in [1.82, 2.24) is 0 Å². The number of aryl methyl sites for hydroxylation is 1. The molecule has 2 rings (SSSR count). The van der Waals surface area contributed by atoms with Gasteiger partial charge in [-0.3, -0.25) is 4.18 Å². The highest BCUT2D eigenvalue weighted by atomic mass is 32.2. The van der Waals surface area contributed by atoms with Gasteiger partial charge in [0.15, 0.2) is 0 Å². The smallest absolute Gasteiger partial charge is 0.296 e. The van der Waals surface area contributed by atoms with E-state index < -0.39 is 10.1 Å². The third-order valence-corrected chi connectivity index (χ3v) is 4.09. The first-order valence-corrected chi connectivity index (χ1v) is 6.97.